The van der Waals surface area contributed by atoms with Gasteiger partial charge in [-0.1, -0.05) is 76.2 Å². The van der Waals surface area contributed by atoms with Gasteiger partial charge in [-0.15, -0.1) is 0 Å². The van der Waals surface area contributed by atoms with Gasteiger partial charge < -0.3 is 24.3 Å². The zero-order chi connectivity index (χ0) is 29.7. The van der Waals surface area contributed by atoms with Crippen LogP contribution < -0.4 is 5.32 Å². The Balaban J connectivity index is 1.42. The fourth-order valence-electron chi connectivity index (χ4n) is 5.95. The lowest BCUT2D eigenvalue weighted by molar-refractivity contribution is -0.269. The summed E-state index contributed by atoms with van der Waals surface area (Å²) in [5.41, 5.74) is 4.53. The minimum Gasteiger partial charge on any atom is -0.463 e. The van der Waals surface area contributed by atoms with E-state index in [9.17, 15) is 14.4 Å². The van der Waals surface area contributed by atoms with Gasteiger partial charge in [-0.3, -0.25) is 9.59 Å². The van der Waals surface area contributed by atoms with Gasteiger partial charge in [0, 0.05) is 25.2 Å². The van der Waals surface area contributed by atoms with E-state index >= 15 is 0 Å². The first-order chi connectivity index (χ1) is 19.6. The minimum absolute atomic E-state index is 0.0254. The highest BCUT2D eigenvalue weighted by Crippen LogP contribution is 2.44. The number of benzene rings is 2. The predicted octanol–water partition coefficient (Wildman–Crippen LogP) is 5.86. The van der Waals surface area contributed by atoms with Gasteiger partial charge in [0.05, 0.1) is 12.2 Å². The third kappa shape index (κ3) is 6.99. The molecule has 2 aromatic carbocycles. The first-order valence-corrected chi connectivity index (χ1v) is 14.7. The van der Waals surface area contributed by atoms with E-state index in [-0.39, 0.29) is 54.7 Å². The van der Waals surface area contributed by atoms with E-state index in [0.29, 0.717) is 12.8 Å². The average Bonchev–Trinajstić information content (AvgIpc) is 3.28. The number of nitrogens with one attached hydrogen (secondary N) is 1. The largest absolute Gasteiger partial charge is 0.463 e. The summed E-state index contributed by atoms with van der Waals surface area (Å²) in [6.07, 6.45) is -1.35. The van der Waals surface area contributed by atoms with Crippen molar-refractivity contribution in [1.82, 2.24) is 5.32 Å². The molecule has 2 unspecified atom stereocenters. The van der Waals surface area contributed by atoms with Crippen molar-refractivity contribution in [1.29, 1.82) is 0 Å². The number of carbonyl (C=O) groups excluding carboxylic acids is 3. The molecule has 1 saturated heterocycles. The van der Waals surface area contributed by atoms with Crippen LogP contribution in [0.25, 0.3) is 11.1 Å². The van der Waals surface area contributed by atoms with E-state index in [1.54, 1.807) is 6.92 Å². The number of fused-ring (bicyclic) bond motifs is 3. The molecule has 8 heteroatoms. The van der Waals surface area contributed by atoms with Crippen molar-refractivity contribution in [3.05, 3.63) is 59.7 Å². The lowest BCUT2D eigenvalue weighted by atomic mass is 9.79. The van der Waals surface area contributed by atoms with Crippen LogP contribution in [-0.2, 0) is 28.5 Å². The molecule has 1 aliphatic heterocycles. The van der Waals surface area contributed by atoms with E-state index in [2.05, 4.69) is 43.4 Å². The molecule has 222 valence electrons. The second kappa shape index (κ2) is 13.6. The van der Waals surface area contributed by atoms with Gasteiger partial charge in [-0.2, -0.15) is 0 Å². The number of carbonyl (C=O) groups is 3. The Morgan fingerprint density at radius 2 is 1.49 bits per heavy atom. The lowest BCUT2D eigenvalue weighted by Gasteiger charge is -2.44. The van der Waals surface area contributed by atoms with E-state index in [0.717, 1.165) is 22.3 Å². The van der Waals surface area contributed by atoms with Crippen LogP contribution in [0, 0.1) is 17.8 Å². The maximum Gasteiger partial charge on any atom is 0.407 e. The summed E-state index contributed by atoms with van der Waals surface area (Å²) in [4.78, 5) is 37.6. The van der Waals surface area contributed by atoms with E-state index in [1.165, 1.54) is 6.92 Å². The van der Waals surface area contributed by atoms with Crippen LogP contribution in [0.15, 0.2) is 48.5 Å². The van der Waals surface area contributed by atoms with E-state index < -0.39 is 24.5 Å². The fraction of sp³-hybridized carbons (Fsp3) is 0.545. The van der Waals surface area contributed by atoms with Crippen molar-refractivity contribution in [3.63, 3.8) is 0 Å². The summed E-state index contributed by atoms with van der Waals surface area (Å²) in [5, 5.41) is 2.79. The van der Waals surface area contributed by atoms with Crippen LogP contribution in [0.3, 0.4) is 0 Å². The summed E-state index contributed by atoms with van der Waals surface area (Å²) < 4.78 is 23.5. The smallest absolute Gasteiger partial charge is 0.407 e. The molecule has 0 radical (unpaired) electrons. The Kier molecular flexibility index (Phi) is 10.2. The molecule has 7 atom stereocenters. The molecular weight excluding hydrogens is 522 g/mol. The summed E-state index contributed by atoms with van der Waals surface area (Å²) in [7, 11) is 0. The average molecular weight is 566 g/mol. The third-order valence-electron chi connectivity index (χ3n) is 8.71. The Labute approximate surface area is 243 Å². The third-order valence-corrected chi connectivity index (χ3v) is 8.71. The summed E-state index contributed by atoms with van der Waals surface area (Å²) in [5.74, 6) is -0.180. The highest BCUT2D eigenvalue weighted by atomic mass is 16.7. The van der Waals surface area contributed by atoms with Crippen LogP contribution in [0.2, 0.25) is 0 Å². The maximum absolute atomic E-state index is 13.1. The number of hydrogen-bond donors (Lipinski definition) is 1. The van der Waals surface area contributed by atoms with Crippen LogP contribution in [0.5, 0.6) is 0 Å². The van der Waals surface area contributed by atoms with Crippen molar-refractivity contribution in [3.8, 4) is 11.1 Å². The Morgan fingerprint density at radius 1 is 0.878 bits per heavy atom. The van der Waals surface area contributed by atoms with Crippen LogP contribution in [0.4, 0.5) is 4.79 Å². The SMILES string of the molecule is CCCC(=O)[C@@H](NC(=O)OCC1c2ccccc2-c2ccccc21)[C@@H](C)O[C@H]1OC(COC(C)=O)[C@H](C)[C@H](C)C1C. The highest BCUT2D eigenvalue weighted by Gasteiger charge is 2.42. The van der Waals surface area contributed by atoms with Crippen molar-refractivity contribution in [2.24, 2.45) is 17.8 Å². The van der Waals surface area contributed by atoms with E-state index in [1.807, 2.05) is 38.1 Å². The lowest BCUT2D eigenvalue weighted by Crippen LogP contribution is -2.53. The first kappa shape index (κ1) is 30.7. The van der Waals surface area contributed by atoms with Crippen LogP contribution in [-0.4, -0.2) is 55.6 Å². The number of rotatable bonds is 11. The molecule has 2 aromatic rings. The Hall–Kier alpha value is -3.23. The number of Topliss-reactive ketones (excluding diaryl/α,β-unsaturated/α-hetero) is 1. The predicted molar refractivity (Wildman–Crippen MR) is 155 cm³/mol. The van der Waals surface area contributed by atoms with Gasteiger partial charge in [0.15, 0.2) is 12.1 Å². The Morgan fingerprint density at radius 3 is 2.07 bits per heavy atom. The Bertz CT molecular complexity index is 1180. The molecule has 1 fully saturated rings. The van der Waals surface area contributed by atoms with E-state index in [4.69, 9.17) is 18.9 Å². The summed E-state index contributed by atoms with van der Waals surface area (Å²) in [6, 6.07) is 15.4. The molecule has 0 spiro atoms. The maximum atomic E-state index is 13.1. The molecule has 1 N–H and O–H groups in total. The summed E-state index contributed by atoms with van der Waals surface area (Å²) in [6.45, 7) is 11.6. The van der Waals surface area contributed by atoms with Gasteiger partial charge in [-0.05, 0) is 47.4 Å². The zero-order valence-corrected chi connectivity index (χ0v) is 24.9. The molecular formula is C33H43NO7. The van der Waals surface area contributed by atoms with Crippen molar-refractivity contribution in [2.45, 2.75) is 84.8 Å². The number of amides is 1. The molecule has 41 heavy (non-hydrogen) atoms. The summed E-state index contributed by atoms with van der Waals surface area (Å²) >= 11 is 0. The number of alkyl carbamates (subject to hydrolysis) is 1. The molecule has 0 aromatic heterocycles. The number of ketones is 1. The molecule has 0 saturated carbocycles. The number of ether oxygens (including phenoxy) is 4. The zero-order valence-electron chi connectivity index (χ0n) is 24.9. The monoisotopic (exact) mass is 565 g/mol. The standard InChI is InChI=1S/C33H43NO7/c1-7-12-29(36)31(22(5)40-32-21(4)19(2)20(3)30(41-32)18-38-23(6)35)34-33(37)39-17-28-26-15-10-8-13-24(26)25-14-9-11-16-27(25)28/h8-11,13-16,19-22,28,30-32H,7,12,17-18H2,1-6H3,(H,34,37)/t19-,20+,21?,22+,30?,31-,32-/m0/s1. The number of esters is 1. The highest BCUT2D eigenvalue weighted by molar-refractivity contribution is 5.88. The molecule has 2 aliphatic rings. The molecule has 8 nitrogen and oxygen atoms in total. The van der Waals surface area contributed by atoms with Gasteiger partial charge in [0.2, 0.25) is 0 Å². The normalized spacial score (nSPS) is 25.0. The van der Waals surface area contributed by atoms with Crippen molar-refractivity contribution in [2.75, 3.05) is 13.2 Å². The fourth-order valence-corrected chi connectivity index (χ4v) is 5.95. The minimum atomic E-state index is -0.900. The topological polar surface area (TPSA) is 100 Å². The molecule has 0 bridgehead atoms. The van der Waals surface area contributed by atoms with Gasteiger partial charge in [-0.25, -0.2) is 4.79 Å². The molecule has 1 amide bonds. The molecule has 4 rings (SSSR count). The van der Waals surface area contributed by atoms with Crippen molar-refractivity contribution >= 4 is 17.8 Å². The number of hydrogen-bond acceptors (Lipinski definition) is 7. The van der Waals surface area contributed by atoms with Gasteiger partial charge in [0.1, 0.15) is 19.3 Å². The van der Waals surface area contributed by atoms with Gasteiger partial charge in [0.25, 0.3) is 0 Å². The van der Waals surface area contributed by atoms with Crippen LogP contribution in [0.1, 0.15) is 71.4 Å². The second-order valence-electron chi connectivity index (χ2n) is 11.4. The van der Waals surface area contributed by atoms with Crippen molar-refractivity contribution < 1.29 is 33.3 Å². The molecule has 1 heterocycles. The molecule has 1 aliphatic carbocycles. The second-order valence-corrected chi connectivity index (χ2v) is 11.4. The van der Waals surface area contributed by atoms with Crippen LogP contribution >= 0.6 is 0 Å². The van der Waals surface area contributed by atoms with Gasteiger partial charge >= 0.3 is 12.1 Å². The quantitative estimate of drug-likeness (QED) is 0.341. The first-order valence-electron chi connectivity index (χ1n) is 14.7.